The van der Waals surface area contributed by atoms with Crippen LogP contribution >= 0.6 is 0 Å². The van der Waals surface area contributed by atoms with Crippen molar-refractivity contribution in [2.24, 2.45) is 0 Å². The van der Waals surface area contributed by atoms with E-state index in [-0.39, 0.29) is 11.9 Å². The van der Waals surface area contributed by atoms with E-state index in [0.717, 1.165) is 32.2 Å². The van der Waals surface area contributed by atoms with Crippen LogP contribution in [0.3, 0.4) is 0 Å². The first-order chi connectivity index (χ1) is 8.40. The van der Waals surface area contributed by atoms with E-state index in [4.69, 9.17) is 0 Å². The van der Waals surface area contributed by atoms with Gasteiger partial charge in [-0.2, -0.15) is 0 Å². The normalized spacial score (nSPS) is 18.7. The lowest BCUT2D eigenvalue weighted by atomic mass is 10.1. The molecule has 2 N–H and O–H groups in total. The van der Waals surface area contributed by atoms with Crippen molar-refractivity contribution in [2.45, 2.75) is 32.2 Å². The van der Waals surface area contributed by atoms with Crippen LogP contribution in [0.4, 0.5) is 0 Å². The zero-order chi connectivity index (χ0) is 13.6. The molecule has 0 bridgehead atoms. The second-order valence-corrected chi connectivity index (χ2v) is 6.56. The number of nitrogens with zero attached hydrogens (tertiary/aromatic N) is 1. The smallest absolute Gasteiger partial charge is 0.239 e. The Morgan fingerprint density at radius 1 is 1.22 bits per heavy atom. The molecule has 1 heterocycles. The van der Waals surface area contributed by atoms with Gasteiger partial charge in [-0.3, -0.25) is 4.79 Å². The molecule has 0 spiro atoms. The molecule has 0 aliphatic carbocycles. The lowest BCUT2D eigenvalue weighted by molar-refractivity contribution is -0.133. The van der Waals surface area contributed by atoms with Gasteiger partial charge in [0.25, 0.3) is 0 Å². The maximum atomic E-state index is 12.0. The molecule has 1 aliphatic rings. The van der Waals surface area contributed by atoms with Crippen LogP contribution < -0.4 is 10.0 Å². The Bertz CT molecular complexity index is 364. The van der Waals surface area contributed by atoms with E-state index in [2.05, 4.69) is 10.0 Å². The van der Waals surface area contributed by atoms with Crippen molar-refractivity contribution in [2.75, 3.05) is 32.4 Å². The van der Waals surface area contributed by atoms with E-state index in [0.29, 0.717) is 13.1 Å². The molecule has 1 rings (SSSR count). The molecular weight excluding hydrogens is 254 g/mol. The van der Waals surface area contributed by atoms with Crippen molar-refractivity contribution >= 4 is 15.9 Å². The maximum Gasteiger partial charge on any atom is 0.239 e. The summed E-state index contributed by atoms with van der Waals surface area (Å²) in [5, 5.41) is 3.03. The molecule has 1 amide bonds. The Labute approximate surface area is 109 Å². The molecule has 0 aromatic heterocycles. The maximum absolute atomic E-state index is 12.0. The van der Waals surface area contributed by atoms with Gasteiger partial charge < -0.3 is 10.2 Å². The van der Waals surface area contributed by atoms with Crippen LogP contribution in [0.5, 0.6) is 0 Å². The summed E-state index contributed by atoms with van der Waals surface area (Å²) in [6.07, 6.45) is 4.47. The van der Waals surface area contributed by atoms with E-state index in [1.54, 1.807) is 0 Å². The molecule has 6 nitrogen and oxygen atoms in total. The van der Waals surface area contributed by atoms with Crippen LogP contribution in [0.1, 0.15) is 26.2 Å². The first-order valence-corrected chi connectivity index (χ1v) is 8.26. The minimum Gasteiger partial charge on any atom is -0.341 e. The zero-order valence-electron chi connectivity index (χ0n) is 11.1. The lowest BCUT2D eigenvalue weighted by Crippen LogP contribution is -2.48. The minimum absolute atomic E-state index is 0.106. The summed E-state index contributed by atoms with van der Waals surface area (Å²) in [4.78, 5) is 13.9. The van der Waals surface area contributed by atoms with Gasteiger partial charge in [0, 0.05) is 26.2 Å². The molecule has 1 unspecified atom stereocenters. The van der Waals surface area contributed by atoms with Crippen molar-refractivity contribution in [1.29, 1.82) is 0 Å². The van der Waals surface area contributed by atoms with Crippen molar-refractivity contribution in [3.05, 3.63) is 0 Å². The Morgan fingerprint density at radius 3 is 2.39 bits per heavy atom. The second kappa shape index (κ2) is 7.06. The predicted molar refractivity (Wildman–Crippen MR) is 70.7 cm³/mol. The van der Waals surface area contributed by atoms with Gasteiger partial charge in [-0.25, -0.2) is 13.1 Å². The van der Waals surface area contributed by atoms with E-state index in [1.165, 1.54) is 6.42 Å². The van der Waals surface area contributed by atoms with E-state index in [1.807, 2.05) is 11.8 Å². The van der Waals surface area contributed by atoms with Crippen LogP contribution in [0, 0.1) is 0 Å². The molecule has 1 aliphatic heterocycles. The lowest BCUT2D eigenvalue weighted by Gasteiger charge is -2.29. The molecule has 0 saturated carbocycles. The van der Waals surface area contributed by atoms with Gasteiger partial charge in [-0.05, 0) is 26.2 Å². The summed E-state index contributed by atoms with van der Waals surface area (Å²) in [6.45, 7) is 4.25. The first-order valence-electron chi connectivity index (χ1n) is 6.37. The number of rotatable bonds is 6. The average Bonchev–Trinajstić information content (AvgIpc) is 2.33. The second-order valence-electron chi connectivity index (χ2n) is 4.73. The highest BCUT2D eigenvalue weighted by Gasteiger charge is 2.21. The van der Waals surface area contributed by atoms with Gasteiger partial charge in [0.05, 0.1) is 12.3 Å². The third-order valence-corrected chi connectivity index (χ3v) is 3.71. The summed E-state index contributed by atoms with van der Waals surface area (Å²) in [5.74, 6) is 0.106. The molecule has 106 valence electrons. The standard InChI is InChI=1S/C11H23N3O3S/c1-10(12-6-7-13-18(2,16)17)11(15)14-8-4-3-5-9-14/h10,12-13H,3-9H2,1-2H3. The number of amides is 1. The van der Waals surface area contributed by atoms with Crippen LogP contribution in [-0.4, -0.2) is 57.7 Å². The zero-order valence-corrected chi connectivity index (χ0v) is 11.9. The Hall–Kier alpha value is -0.660. The summed E-state index contributed by atoms with van der Waals surface area (Å²) in [5.41, 5.74) is 0. The van der Waals surface area contributed by atoms with E-state index < -0.39 is 10.0 Å². The van der Waals surface area contributed by atoms with Gasteiger partial charge >= 0.3 is 0 Å². The van der Waals surface area contributed by atoms with Crippen LogP contribution in [0.2, 0.25) is 0 Å². The molecule has 1 fully saturated rings. The molecule has 18 heavy (non-hydrogen) atoms. The monoisotopic (exact) mass is 277 g/mol. The van der Waals surface area contributed by atoms with Crippen molar-refractivity contribution < 1.29 is 13.2 Å². The fourth-order valence-electron chi connectivity index (χ4n) is 2.00. The quantitative estimate of drug-likeness (QED) is 0.643. The highest BCUT2D eigenvalue weighted by molar-refractivity contribution is 7.88. The van der Waals surface area contributed by atoms with Gasteiger partial charge in [0.1, 0.15) is 0 Å². The van der Waals surface area contributed by atoms with Crippen molar-refractivity contribution in [3.63, 3.8) is 0 Å². The van der Waals surface area contributed by atoms with Crippen LogP contribution in [0.25, 0.3) is 0 Å². The molecule has 0 aromatic rings. The van der Waals surface area contributed by atoms with Gasteiger partial charge in [-0.15, -0.1) is 0 Å². The van der Waals surface area contributed by atoms with E-state index in [9.17, 15) is 13.2 Å². The average molecular weight is 277 g/mol. The Morgan fingerprint density at radius 2 is 1.83 bits per heavy atom. The number of carbonyl (C=O) groups excluding carboxylic acids is 1. The number of nitrogens with one attached hydrogen (secondary N) is 2. The summed E-state index contributed by atoms with van der Waals surface area (Å²) >= 11 is 0. The summed E-state index contributed by atoms with van der Waals surface area (Å²) in [7, 11) is -3.15. The van der Waals surface area contributed by atoms with Crippen LogP contribution in [-0.2, 0) is 14.8 Å². The molecule has 0 radical (unpaired) electrons. The van der Waals surface area contributed by atoms with E-state index >= 15 is 0 Å². The van der Waals surface area contributed by atoms with Gasteiger partial charge in [0.15, 0.2) is 0 Å². The number of hydrogen-bond acceptors (Lipinski definition) is 4. The van der Waals surface area contributed by atoms with Crippen molar-refractivity contribution in [1.82, 2.24) is 14.9 Å². The third kappa shape index (κ3) is 5.79. The molecule has 0 aromatic carbocycles. The number of likely N-dealkylation sites (tertiary alicyclic amines) is 1. The summed E-state index contributed by atoms with van der Waals surface area (Å²) < 4.78 is 24.1. The van der Waals surface area contributed by atoms with Gasteiger partial charge in [-0.1, -0.05) is 0 Å². The van der Waals surface area contributed by atoms with Gasteiger partial charge in [0.2, 0.25) is 15.9 Å². The SMILES string of the molecule is CC(NCCNS(C)(=O)=O)C(=O)N1CCCCC1. The minimum atomic E-state index is -3.15. The predicted octanol–water partition coefficient (Wildman–Crippen LogP) is -0.474. The number of hydrogen-bond donors (Lipinski definition) is 2. The fraction of sp³-hybridized carbons (Fsp3) is 0.909. The fourth-order valence-corrected chi connectivity index (χ4v) is 2.47. The first kappa shape index (κ1) is 15.4. The molecule has 1 saturated heterocycles. The third-order valence-electron chi connectivity index (χ3n) is 2.98. The number of sulfonamides is 1. The van der Waals surface area contributed by atoms with Crippen LogP contribution in [0.15, 0.2) is 0 Å². The number of piperidine rings is 1. The topological polar surface area (TPSA) is 78.5 Å². The Balaban J connectivity index is 2.23. The van der Waals surface area contributed by atoms with Crippen molar-refractivity contribution in [3.8, 4) is 0 Å². The highest BCUT2D eigenvalue weighted by atomic mass is 32.2. The molecular formula is C11H23N3O3S. The highest BCUT2D eigenvalue weighted by Crippen LogP contribution is 2.09. The Kier molecular flexibility index (Phi) is 6.04. The summed E-state index contributed by atoms with van der Waals surface area (Å²) in [6, 6.07) is -0.260. The molecule has 1 atom stereocenters. The molecule has 7 heteroatoms. The number of carbonyl (C=O) groups is 1. The largest absolute Gasteiger partial charge is 0.341 e.